The molecule has 3 aromatic rings. The number of hydrogen-bond donors (Lipinski definition) is 1. The van der Waals surface area contributed by atoms with Crippen LogP contribution in [0.2, 0.25) is 10.0 Å². The Balaban J connectivity index is 1.79. The number of benzene rings is 2. The normalized spacial score (nSPS) is 20.2. The van der Waals surface area contributed by atoms with Crippen LogP contribution in [0.4, 0.5) is 0 Å². The van der Waals surface area contributed by atoms with Gasteiger partial charge in [0, 0.05) is 39.6 Å². The molecule has 0 radical (unpaired) electrons. The Morgan fingerprint density at radius 3 is 2.43 bits per heavy atom. The third kappa shape index (κ3) is 6.17. The van der Waals surface area contributed by atoms with Gasteiger partial charge in [0.05, 0.1) is 11.6 Å². The molecule has 1 aliphatic rings. The number of rotatable bonds is 10. The number of carbonyl (C=O) groups is 1. The number of hydrogen-bond acceptors (Lipinski definition) is 4. The van der Waals surface area contributed by atoms with Crippen LogP contribution in [0.15, 0.2) is 42.5 Å². The highest BCUT2D eigenvalue weighted by Gasteiger charge is 2.41. The van der Waals surface area contributed by atoms with E-state index >= 15 is 0 Å². The molecule has 1 fully saturated rings. The van der Waals surface area contributed by atoms with Crippen LogP contribution in [0.3, 0.4) is 0 Å². The number of H-pyrrole nitrogens is 1. The van der Waals surface area contributed by atoms with E-state index in [0.29, 0.717) is 34.9 Å². The Morgan fingerprint density at radius 2 is 1.81 bits per heavy atom. The topological polar surface area (TPSA) is 48.6 Å². The summed E-state index contributed by atoms with van der Waals surface area (Å²) in [5.41, 5.74) is 3.46. The van der Waals surface area contributed by atoms with Gasteiger partial charge in [-0.15, -0.1) is 0 Å². The molecule has 0 aliphatic heterocycles. The molecule has 1 heterocycles. The van der Waals surface area contributed by atoms with E-state index in [1.165, 1.54) is 5.56 Å². The molecule has 0 amide bonds. The zero-order valence-electron chi connectivity index (χ0n) is 22.4. The fourth-order valence-electron chi connectivity index (χ4n) is 6.03. The minimum Gasteiger partial charge on any atom is -0.461 e. The van der Waals surface area contributed by atoms with Crippen molar-refractivity contribution in [3.05, 3.63) is 69.3 Å². The van der Waals surface area contributed by atoms with E-state index in [1.807, 2.05) is 13.0 Å². The van der Waals surface area contributed by atoms with Gasteiger partial charge >= 0.3 is 5.97 Å². The lowest BCUT2D eigenvalue weighted by Gasteiger charge is -2.49. The van der Waals surface area contributed by atoms with Crippen molar-refractivity contribution < 1.29 is 9.53 Å². The molecule has 0 unspecified atom stereocenters. The van der Waals surface area contributed by atoms with E-state index < -0.39 is 0 Å². The number of fused-ring (bicyclic) bond motifs is 1. The lowest BCUT2D eigenvalue weighted by molar-refractivity contribution is 0.0211. The maximum atomic E-state index is 13.1. The fraction of sp³-hybridized carbons (Fsp3) is 0.500. The van der Waals surface area contributed by atoms with Gasteiger partial charge in [0.1, 0.15) is 5.69 Å². The zero-order valence-corrected chi connectivity index (χ0v) is 24.0. The summed E-state index contributed by atoms with van der Waals surface area (Å²) in [7, 11) is 4.37. The fourth-order valence-corrected chi connectivity index (χ4v) is 6.64. The van der Waals surface area contributed by atoms with Gasteiger partial charge in [-0.05, 0) is 83.8 Å². The predicted molar refractivity (Wildman–Crippen MR) is 154 cm³/mol. The summed E-state index contributed by atoms with van der Waals surface area (Å²) in [6.07, 6.45) is 6.49. The second kappa shape index (κ2) is 12.2. The molecule has 1 N–H and O–H groups in total. The number of carbonyl (C=O) groups excluding carboxylic acids is 1. The highest BCUT2D eigenvalue weighted by molar-refractivity contribution is 6.39. The first-order valence-electron chi connectivity index (χ1n) is 13.4. The lowest BCUT2D eigenvalue weighted by Crippen LogP contribution is -2.54. The number of esters is 1. The molecule has 0 atom stereocenters. The molecule has 1 aromatic heterocycles. The highest BCUT2D eigenvalue weighted by atomic mass is 35.5. The second-order valence-electron chi connectivity index (χ2n) is 10.5. The summed E-state index contributed by atoms with van der Waals surface area (Å²) < 4.78 is 5.45. The molecule has 4 rings (SSSR count). The van der Waals surface area contributed by atoms with Crippen LogP contribution in [-0.4, -0.2) is 59.6 Å². The first kappa shape index (κ1) is 28.0. The van der Waals surface area contributed by atoms with E-state index in [9.17, 15) is 4.79 Å². The third-order valence-corrected chi connectivity index (χ3v) is 8.42. The maximum absolute atomic E-state index is 13.1. The van der Waals surface area contributed by atoms with Gasteiger partial charge in [-0.1, -0.05) is 60.5 Å². The Kier molecular flexibility index (Phi) is 9.23. The van der Waals surface area contributed by atoms with Crippen LogP contribution in [0, 0.1) is 0 Å². The second-order valence-corrected chi connectivity index (χ2v) is 11.4. The number of nitrogens with zero attached hydrogens (tertiary/aromatic N) is 2. The summed E-state index contributed by atoms with van der Waals surface area (Å²) in [6, 6.07) is 15.0. The first-order chi connectivity index (χ1) is 17.8. The summed E-state index contributed by atoms with van der Waals surface area (Å²) in [5, 5.41) is 1.94. The standard InChI is InChI=1S/C30H39Cl2N3O2/c1-5-16-35(30(19-21-10-8-7-9-11-21)14-12-23(13-15-30)34(3)4)20-24-27-25(32)17-22(31)18-26(27)33-28(24)29(36)37-6-2/h7-11,17-18,23,33H,5-6,12-16,19-20H2,1-4H3. The number of aromatic nitrogens is 1. The number of ether oxygens (including phenoxy) is 1. The minimum absolute atomic E-state index is 0.0156. The number of halogens is 2. The van der Waals surface area contributed by atoms with E-state index in [0.717, 1.165) is 61.5 Å². The van der Waals surface area contributed by atoms with Crippen LogP contribution in [0.5, 0.6) is 0 Å². The Labute approximate surface area is 231 Å². The maximum Gasteiger partial charge on any atom is 0.355 e. The van der Waals surface area contributed by atoms with Gasteiger partial charge < -0.3 is 14.6 Å². The average Bonchev–Trinajstić information content (AvgIpc) is 3.23. The largest absolute Gasteiger partial charge is 0.461 e. The van der Waals surface area contributed by atoms with Gasteiger partial charge in [0.2, 0.25) is 0 Å². The van der Waals surface area contributed by atoms with Crippen LogP contribution in [0.25, 0.3) is 10.9 Å². The molecule has 2 aromatic carbocycles. The van der Waals surface area contributed by atoms with Crippen LogP contribution in [0.1, 0.15) is 67.6 Å². The van der Waals surface area contributed by atoms with E-state index in [4.69, 9.17) is 27.9 Å². The van der Waals surface area contributed by atoms with Gasteiger partial charge in [0.25, 0.3) is 0 Å². The van der Waals surface area contributed by atoms with Gasteiger partial charge in [-0.2, -0.15) is 0 Å². The summed E-state index contributed by atoms with van der Waals surface area (Å²) in [6.45, 7) is 5.90. The van der Waals surface area contributed by atoms with E-state index in [1.54, 1.807) is 6.07 Å². The van der Waals surface area contributed by atoms with Crippen molar-refractivity contribution in [2.75, 3.05) is 27.2 Å². The number of aromatic amines is 1. The molecule has 1 aliphatic carbocycles. The highest BCUT2D eigenvalue weighted by Crippen LogP contribution is 2.41. The smallest absolute Gasteiger partial charge is 0.355 e. The molecule has 200 valence electrons. The molecule has 5 nitrogen and oxygen atoms in total. The van der Waals surface area contributed by atoms with Crippen molar-refractivity contribution in [3.63, 3.8) is 0 Å². The van der Waals surface area contributed by atoms with Gasteiger partial charge in [-0.3, -0.25) is 4.90 Å². The Morgan fingerprint density at radius 1 is 1.11 bits per heavy atom. The van der Waals surface area contributed by atoms with Gasteiger partial charge in [-0.25, -0.2) is 4.79 Å². The molecule has 7 heteroatoms. The minimum atomic E-state index is -0.356. The van der Waals surface area contributed by atoms with E-state index in [-0.39, 0.29) is 11.5 Å². The van der Waals surface area contributed by atoms with E-state index in [2.05, 4.69) is 66.1 Å². The van der Waals surface area contributed by atoms with Crippen molar-refractivity contribution in [2.45, 2.75) is 70.5 Å². The Hall–Kier alpha value is -2.05. The summed E-state index contributed by atoms with van der Waals surface area (Å²) in [4.78, 5) is 21.3. The molecule has 0 spiro atoms. The third-order valence-electron chi connectivity index (χ3n) is 7.90. The zero-order chi connectivity index (χ0) is 26.6. The average molecular weight is 545 g/mol. The first-order valence-corrected chi connectivity index (χ1v) is 14.2. The SMILES string of the molecule is CCCN(Cc1c(C(=O)OCC)[nH]c2cc(Cl)cc(Cl)c12)C1(Cc2ccccc2)CCC(N(C)C)CC1. The quantitative estimate of drug-likeness (QED) is 0.271. The van der Waals surface area contributed by atoms with Crippen LogP contribution >= 0.6 is 23.2 Å². The van der Waals surface area contributed by atoms with Crippen molar-refractivity contribution >= 4 is 40.1 Å². The van der Waals surface area contributed by atoms with Crippen LogP contribution < -0.4 is 0 Å². The molecule has 1 saturated carbocycles. The molecular weight excluding hydrogens is 505 g/mol. The number of nitrogens with one attached hydrogen (secondary N) is 1. The predicted octanol–water partition coefficient (Wildman–Crippen LogP) is 7.35. The Bertz CT molecular complexity index is 1200. The van der Waals surface area contributed by atoms with Crippen molar-refractivity contribution in [1.29, 1.82) is 0 Å². The molecule has 0 saturated heterocycles. The molecular formula is C30H39Cl2N3O2. The van der Waals surface area contributed by atoms with Gasteiger partial charge in [0.15, 0.2) is 0 Å². The summed E-state index contributed by atoms with van der Waals surface area (Å²) >= 11 is 13.1. The van der Waals surface area contributed by atoms with Crippen LogP contribution in [-0.2, 0) is 17.7 Å². The lowest BCUT2D eigenvalue weighted by atomic mass is 9.73. The van der Waals surface area contributed by atoms with Crippen molar-refractivity contribution in [1.82, 2.24) is 14.8 Å². The monoisotopic (exact) mass is 543 g/mol. The molecule has 37 heavy (non-hydrogen) atoms. The summed E-state index contributed by atoms with van der Waals surface area (Å²) in [5.74, 6) is -0.356. The van der Waals surface area contributed by atoms with Crippen molar-refractivity contribution in [2.24, 2.45) is 0 Å². The van der Waals surface area contributed by atoms with Crippen molar-refractivity contribution in [3.8, 4) is 0 Å². The molecule has 0 bridgehead atoms.